The normalized spacial score (nSPS) is 22.8. The quantitative estimate of drug-likeness (QED) is 0.837. The fourth-order valence-electron chi connectivity index (χ4n) is 2.02. The highest BCUT2D eigenvalue weighted by Crippen LogP contribution is 2.24. The van der Waals surface area contributed by atoms with Crippen LogP contribution in [0.1, 0.15) is 19.3 Å². The molecule has 0 atom stereocenters. The van der Waals surface area contributed by atoms with Crippen molar-refractivity contribution in [1.29, 1.82) is 0 Å². The predicted octanol–water partition coefficient (Wildman–Crippen LogP) is 1.94. The second kappa shape index (κ2) is 5.46. The molecule has 0 radical (unpaired) electrons. The maximum atomic E-state index is 12.4. The Kier molecular flexibility index (Phi) is 4.10. The Morgan fingerprint density at radius 3 is 2.37 bits per heavy atom. The largest absolute Gasteiger partial charge is 0.229 e. The molecular formula is C13H16O4S2. The summed E-state index contributed by atoms with van der Waals surface area (Å²) in [5.74, 6) is 0.0487. The van der Waals surface area contributed by atoms with Crippen LogP contribution in [-0.4, -0.2) is 28.3 Å². The Morgan fingerprint density at radius 1 is 1.00 bits per heavy atom. The lowest BCUT2D eigenvalue weighted by Crippen LogP contribution is -2.16. The first kappa shape index (κ1) is 14.3. The van der Waals surface area contributed by atoms with Gasteiger partial charge in [-0.25, -0.2) is 16.8 Å². The molecule has 104 valence electrons. The molecule has 0 aliphatic carbocycles. The van der Waals surface area contributed by atoms with Crippen molar-refractivity contribution in [3.05, 3.63) is 41.3 Å². The van der Waals surface area contributed by atoms with Crippen LogP contribution in [0.4, 0.5) is 0 Å². The second-order valence-electron chi connectivity index (χ2n) is 4.53. The van der Waals surface area contributed by atoms with Crippen LogP contribution in [0, 0.1) is 0 Å². The van der Waals surface area contributed by atoms with Crippen LogP contribution in [0.15, 0.2) is 46.2 Å². The minimum absolute atomic E-state index is 0.0690. The van der Waals surface area contributed by atoms with Gasteiger partial charge in [-0.2, -0.15) is 0 Å². The van der Waals surface area contributed by atoms with Gasteiger partial charge < -0.3 is 0 Å². The van der Waals surface area contributed by atoms with Crippen LogP contribution in [0.5, 0.6) is 0 Å². The molecule has 1 heterocycles. The lowest BCUT2D eigenvalue weighted by molar-refractivity contribution is 0.590. The zero-order valence-corrected chi connectivity index (χ0v) is 12.1. The van der Waals surface area contributed by atoms with E-state index in [-0.39, 0.29) is 27.7 Å². The van der Waals surface area contributed by atoms with Gasteiger partial charge in [0.05, 0.1) is 16.4 Å². The van der Waals surface area contributed by atoms with Crippen LogP contribution >= 0.6 is 0 Å². The maximum Gasteiger partial charge on any atom is 0.202 e. The second-order valence-corrected chi connectivity index (χ2v) is 8.84. The molecule has 4 nitrogen and oxygen atoms in total. The average Bonchev–Trinajstić information content (AvgIpc) is 2.36. The van der Waals surface area contributed by atoms with E-state index in [1.54, 1.807) is 24.3 Å². The predicted molar refractivity (Wildman–Crippen MR) is 74.2 cm³/mol. The molecule has 6 heteroatoms. The first-order chi connectivity index (χ1) is 8.92. The number of benzene rings is 1. The average molecular weight is 300 g/mol. The third kappa shape index (κ3) is 3.45. The molecule has 1 aromatic carbocycles. The fourth-order valence-corrected chi connectivity index (χ4v) is 5.02. The molecule has 0 amide bonds. The van der Waals surface area contributed by atoms with Crippen LogP contribution in [-0.2, 0) is 19.7 Å². The van der Waals surface area contributed by atoms with Crippen LogP contribution in [0.3, 0.4) is 0 Å². The summed E-state index contributed by atoms with van der Waals surface area (Å²) in [7, 11) is -6.68. The Balaban J connectivity index is 2.35. The molecule has 0 saturated heterocycles. The van der Waals surface area contributed by atoms with Gasteiger partial charge in [0.2, 0.25) is 9.84 Å². The third-order valence-electron chi connectivity index (χ3n) is 3.09. The minimum atomic E-state index is -3.56. The molecule has 0 N–H and O–H groups in total. The van der Waals surface area contributed by atoms with Crippen molar-refractivity contribution in [2.75, 3.05) is 11.5 Å². The smallest absolute Gasteiger partial charge is 0.202 e. The summed E-state index contributed by atoms with van der Waals surface area (Å²) in [5.41, 5.74) is 0. The number of allylic oxidation sites excluding steroid dienone is 2. The van der Waals surface area contributed by atoms with Crippen molar-refractivity contribution in [3.63, 3.8) is 0 Å². The van der Waals surface area contributed by atoms with Crippen molar-refractivity contribution in [2.45, 2.75) is 24.2 Å². The third-order valence-corrected chi connectivity index (χ3v) is 6.78. The van der Waals surface area contributed by atoms with Gasteiger partial charge in [0.1, 0.15) is 0 Å². The standard InChI is InChI=1S/C13H16O4S2/c14-18(15)10-5-4-8-13(9-11-18)19(16,17)12-6-2-1-3-7-12/h1-3,6-8H,4-5,9-11H2/b13-8+. The molecule has 0 bridgehead atoms. The molecule has 1 aliphatic heterocycles. The minimum Gasteiger partial charge on any atom is -0.229 e. The first-order valence-corrected chi connectivity index (χ1v) is 9.42. The molecule has 0 aromatic heterocycles. The number of sulfone groups is 2. The molecule has 0 unspecified atom stereocenters. The van der Waals surface area contributed by atoms with E-state index in [0.29, 0.717) is 12.8 Å². The lowest BCUT2D eigenvalue weighted by atomic mass is 10.3. The number of hydrogen-bond donors (Lipinski definition) is 0. The lowest BCUT2D eigenvalue weighted by Gasteiger charge is -2.12. The van der Waals surface area contributed by atoms with Gasteiger partial charge in [-0.05, 0) is 31.4 Å². The van der Waals surface area contributed by atoms with E-state index in [9.17, 15) is 16.8 Å². The summed E-state index contributed by atoms with van der Waals surface area (Å²) in [6.45, 7) is 0. The molecule has 1 aromatic rings. The van der Waals surface area contributed by atoms with Gasteiger partial charge in [-0.1, -0.05) is 24.3 Å². The van der Waals surface area contributed by atoms with Gasteiger partial charge in [0.15, 0.2) is 9.84 Å². The summed E-state index contributed by atoms with van der Waals surface area (Å²) in [5, 5.41) is 0. The zero-order chi connectivity index (χ0) is 13.9. The molecule has 2 rings (SSSR count). The SMILES string of the molecule is O=S1(=O)CCC/C=C(/S(=O)(=O)c2ccccc2)CC1. The van der Waals surface area contributed by atoms with Crippen molar-refractivity contribution in [2.24, 2.45) is 0 Å². The van der Waals surface area contributed by atoms with Gasteiger partial charge in [-0.15, -0.1) is 0 Å². The summed E-state index contributed by atoms with van der Waals surface area (Å²) >= 11 is 0. The zero-order valence-electron chi connectivity index (χ0n) is 10.4. The van der Waals surface area contributed by atoms with E-state index < -0.39 is 19.7 Å². The van der Waals surface area contributed by atoms with E-state index in [1.807, 2.05) is 0 Å². The van der Waals surface area contributed by atoms with Crippen molar-refractivity contribution in [3.8, 4) is 0 Å². The van der Waals surface area contributed by atoms with Gasteiger partial charge in [-0.3, -0.25) is 0 Å². The molecule has 19 heavy (non-hydrogen) atoms. The summed E-state index contributed by atoms with van der Waals surface area (Å²) in [4.78, 5) is 0.446. The summed E-state index contributed by atoms with van der Waals surface area (Å²) in [6.07, 6.45) is 2.70. The number of rotatable bonds is 2. The molecule has 1 aliphatic rings. The fraction of sp³-hybridized carbons (Fsp3) is 0.385. The van der Waals surface area contributed by atoms with E-state index in [2.05, 4.69) is 0 Å². The summed E-state index contributed by atoms with van der Waals surface area (Å²) < 4.78 is 48.0. The van der Waals surface area contributed by atoms with Crippen molar-refractivity contribution < 1.29 is 16.8 Å². The van der Waals surface area contributed by atoms with E-state index in [1.165, 1.54) is 12.1 Å². The molecular weight excluding hydrogens is 284 g/mol. The highest BCUT2D eigenvalue weighted by Gasteiger charge is 2.23. The topological polar surface area (TPSA) is 68.3 Å². The highest BCUT2D eigenvalue weighted by atomic mass is 32.2. The molecule has 0 spiro atoms. The van der Waals surface area contributed by atoms with Crippen molar-refractivity contribution >= 4 is 19.7 Å². The molecule has 0 saturated carbocycles. The van der Waals surface area contributed by atoms with Gasteiger partial charge >= 0.3 is 0 Å². The van der Waals surface area contributed by atoms with Crippen LogP contribution in [0.2, 0.25) is 0 Å². The first-order valence-electron chi connectivity index (χ1n) is 6.11. The Labute approximate surface area is 114 Å². The van der Waals surface area contributed by atoms with Gasteiger partial charge in [0.25, 0.3) is 0 Å². The van der Waals surface area contributed by atoms with E-state index in [4.69, 9.17) is 0 Å². The Bertz CT molecular complexity index is 671. The Hall–Kier alpha value is -1.14. The molecule has 0 fully saturated rings. The Morgan fingerprint density at radius 2 is 1.68 bits per heavy atom. The van der Waals surface area contributed by atoms with Crippen molar-refractivity contribution in [1.82, 2.24) is 0 Å². The van der Waals surface area contributed by atoms with Crippen LogP contribution < -0.4 is 0 Å². The summed E-state index contributed by atoms with van der Waals surface area (Å²) in [6, 6.07) is 8.13. The van der Waals surface area contributed by atoms with E-state index >= 15 is 0 Å². The van der Waals surface area contributed by atoms with Crippen LogP contribution in [0.25, 0.3) is 0 Å². The van der Waals surface area contributed by atoms with Gasteiger partial charge in [0, 0.05) is 4.91 Å². The monoisotopic (exact) mass is 300 g/mol. The highest BCUT2D eigenvalue weighted by molar-refractivity contribution is 7.95. The van der Waals surface area contributed by atoms with E-state index in [0.717, 1.165) is 0 Å². The number of hydrogen-bond acceptors (Lipinski definition) is 4. The maximum absolute atomic E-state index is 12.4.